The molecule has 0 saturated carbocycles. The van der Waals surface area contributed by atoms with Crippen LogP contribution in [0.4, 0.5) is 0 Å². The van der Waals surface area contributed by atoms with Crippen LogP contribution in [0.2, 0.25) is 0 Å². The summed E-state index contributed by atoms with van der Waals surface area (Å²) in [4.78, 5) is 14.6. The van der Waals surface area contributed by atoms with Gasteiger partial charge in [0.2, 0.25) is 5.91 Å². The molecule has 2 heteroatoms. The quantitative estimate of drug-likeness (QED) is 0.825. The van der Waals surface area contributed by atoms with Crippen molar-refractivity contribution in [3.05, 3.63) is 70.8 Å². The Hall–Kier alpha value is -2.09. The number of likely N-dealkylation sites (N-methyl/N-ethyl adjacent to an activating group) is 1. The van der Waals surface area contributed by atoms with Gasteiger partial charge in [-0.15, -0.1) is 0 Å². The zero-order valence-electron chi connectivity index (χ0n) is 12.7. The third-order valence-electron chi connectivity index (χ3n) is 4.43. The zero-order chi connectivity index (χ0) is 14.8. The second-order valence-electron chi connectivity index (χ2n) is 5.74. The molecule has 108 valence electrons. The van der Waals surface area contributed by atoms with E-state index in [1.54, 1.807) is 0 Å². The maximum atomic E-state index is 12.8. The normalized spacial score (nSPS) is 18.3. The molecule has 2 nitrogen and oxygen atoms in total. The summed E-state index contributed by atoms with van der Waals surface area (Å²) in [6.45, 7) is 2.94. The van der Waals surface area contributed by atoms with Crippen LogP contribution in [0.25, 0.3) is 0 Å². The molecule has 1 aliphatic rings. The first-order valence-corrected chi connectivity index (χ1v) is 7.62. The average Bonchev–Trinajstić information content (AvgIpc) is 2.65. The van der Waals surface area contributed by atoms with E-state index in [2.05, 4.69) is 49.4 Å². The highest BCUT2D eigenvalue weighted by Crippen LogP contribution is 2.32. The molecule has 0 radical (unpaired) electrons. The minimum absolute atomic E-state index is 0.167. The summed E-state index contributed by atoms with van der Waals surface area (Å²) in [6.07, 6.45) is 1.96. The average molecular weight is 279 g/mol. The fraction of sp³-hybridized carbons (Fsp3) is 0.316. The summed E-state index contributed by atoms with van der Waals surface area (Å²) in [5.41, 5.74) is 4.86. The van der Waals surface area contributed by atoms with Crippen molar-refractivity contribution < 1.29 is 4.79 Å². The third kappa shape index (κ3) is 2.58. The maximum absolute atomic E-state index is 12.8. The Morgan fingerprint density at radius 2 is 1.81 bits per heavy atom. The number of nitrogens with zero attached hydrogens (tertiary/aromatic N) is 1. The Labute approximate surface area is 126 Å². The number of carbonyl (C=O) groups is 1. The zero-order valence-corrected chi connectivity index (χ0v) is 12.7. The Kier molecular flexibility index (Phi) is 3.78. The topological polar surface area (TPSA) is 20.3 Å². The van der Waals surface area contributed by atoms with Gasteiger partial charge in [-0.1, -0.05) is 55.5 Å². The molecule has 3 rings (SSSR count). The number of rotatable bonds is 2. The molecule has 0 N–H and O–H groups in total. The van der Waals surface area contributed by atoms with Crippen LogP contribution >= 0.6 is 0 Å². The van der Waals surface area contributed by atoms with Crippen molar-refractivity contribution in [1.82, 2.24) is 4.90 Å². The van der Waals surface area contributed by atoms with Gasteiger partial charge in [-0.3, -0.25) is 4.79 Å². The van der Waals surface area contributed by atoms with Gasteiger partial charge in [0.1, 0.15) is 0 Å². The Morgan fingerprint density at radius 1 is 1.10 bits per heavy atom. The van der Waals surface area contributed by atoms with E-state index >= 15 is 0 Å². The van der Waals surface area contributed by atoms with E-state index in [1.165, 1.54) is 11.1 Å². The van der Waals surface area contributed by atoms with Crippen molar-refractivity contribution in [1.29, 1.82) is 0 Å². The summed E-state index contributed by atoms with van der Waals surface area (Å²) in [6, 6.07) is 16.8. The van der Waals surface area contributed by atoms with Gasteiger partial charge in [0.05, 0.1) is 5.92 Å². The predicted octanol–water partition coefficient (Wildman–Crippen LogP) is 3.40. The first-order chi connectivity index (χ1) is 10.2. The summed E-state index contributed by atoms with van der Waals surface area (Å²) >= 11 is 0. The first kappa shape index (κ1) is 13.9. The van der Waals surface area contributed by atoms with E-state index in [0.717, 1.165) is 30.5 Å². The molecule has 0 aliphatic carbocycles. The van der Waals surface area contributed by atoms with Crippen molar-refractivity contribution in [3.63, 3.8) is 0 Å². The van der Waals surface area contributed by atoms with Crippen molar-refractivity contribution in [3.8, 4) is 0 Å². The van der Waals surface area contributed by atoms with E-state index in [0.29, 0.717) is 0 Å². The van der Waals surface area contributed by atoms with Gasteiger partial charge in [-0.05, 0) is 35.1 Å². The second-order valence-corrected chi connectivity index (χ2v) is 5.74. The van der Waals surface area contributed by atoms with Gasteiger partial charge in [0, 0.05) is 13.6 Å². The van der Waals surface area contributed by atoms with Crippen LogP contribution in [0, 0.1) is 0 Å². The first-order valence-electron chi connectivity index (χ1n) is 7.62. The molecule has 0 aromatic heterocycles. The smallest absolute Gasteiger partial charge is 0.234 e. The molecule has 2 aromatic rings. The standard InChI is InChI=1S/C19H21NO/c1-3-14-8-10-16(11-9-14)18-17-7-5-4-6-15(17)12-13-20(2)19(18)21/h4-11,18H,3,12-13H2,1-2H3/t18-/m0/s1. The van der Waals surface area contributed by atoms with Crippen molar-refractivity contribution in [2.75, 3.05) is 13.6 Å². The highest BCUT2D eigenvalue weighted by Gasteiger charge is 2.30. The van der Waals surface area contributed by atoms with Gasteiger partial charge < -0.3 is 4.90 Å². The lowest BCUT2D eigenvalue weighted by molar-refractivity contribution is -0.130. The molecular formula is C19H21NO. The summed E-state index contributed by atoms with van der Waals surface area (Å²) < 4.78 is 0. The van der Waals surface area contributed by atoms with Crippen LogP contribution in [-0.4, -0.2) is 24.4 Å². The number of hydrogen-bond donors (Lipinski definition) is 0. The van der Waals surface area contributed by atoms with Gasteiger partial charge in [-0.2, -0.15) is 0 Å². The van der Waals surface area contributed by atoms with Crippen molar-refractivity contribution in [2.45, 2.75) is 25.7 Å². The lowest BCUT2D eigenvalue weighted by Crippen LogP contribution is -2.31. The monoisotopic (exact) mass is 279 g/mol. The van der Waals surface area contributed by atoms with Gasteiger partial charge in [-0.25, -0.2) is 0 Å². The molecule has 0 saturated heterocycles. The maximum Gasteiger partial charge on any atom is 0.234 e. The molecule has 1 atom stereocenters. The fourth-order valence-corrected chi connectivity index (χ4v) is 3.06. The van der Waals surface area contributed by atoms with Crippen LogP contribution in [0.1, 0.15) is 35.1 Å². The second kappa shape index (κ2) is 5.72. The number of hydrogen-bond acceptors (Lipinski definition) is 1. The molecule has 2 aromatic carbocycles. The van der Waals surface area contributed by atoms with E-state index < -0.39 is 0 Å². The summed E-state index contributed by atoms with van der Waals surface area (Å²) in [7, 11) is 1.90. The Morgan fingerprint density at radius 3 is 2.52 bits per heavy atom. The number of benzene rings is 2. The number of fused-ring (bicyclic) bond motifs is 1. The molecule has 1 amide bonds. The lowest BCUT2D eigenvalue weighted by Gasteiger charge is -2.21. The van der Waals surface area contributed by atoms with Crippen LogP contribution in [-0.2, 0) is 17.6 Å². The van der Waals surface area contributed by atoms with Crippen LogP contribution < -0.4 is 0 Å². The van der Waals surface area contributed by atoms with E-state index in [4.69, 9.17) is 0 Å². The fourth-order valence-electron chi connectivity index (χ4n) is 3.06. The molecular weight excluding hydrogens is 258 g/mol. The highest BCUT2D eigenvalue weighted by atomic mass is 16.2. The van der Waals surface area contributed by atoms with E-state index in [9.17, 15) is 4.79 Å². The Bertz CT molecular complexity index is 645. The van der Waals surface area contributed by atoms with Crippen molar-refractivity contribution in [2.24, 2.45) is 0 Å². The van der Waals surface area contributed by atoms with E-state index in [-0.39, 0.29) is 11.8 Å². The Balaban J connectivity index is 2.09. The predicted molar refractivity (Wildman–Crippen MR) is 85.4 cm³/mol. The highest BCUT2D eigenvalue weighted by molar-refractivity contribution is 5.88. The molecule has 0 unspecified atom stereocenters. The van der Waals surface area contributed by atoms with Gasteiger partial charge in [0.25, 0.3) is 0 Å². The SMILES string of the molecule is CCc1ccc([C@@H]2C(=O)N(C)CCc3ccccc32)cc1. The van der Waals surface area contributed by atoms with Gasteiger partial charge >= 0.3 is 0 Å². The minimum Gasteiger partial charge on any atom is -0.345 e. The summed E-state index contributed by atoms with van der Waals surface area (Å²) in [5, 5.41) is 0. The van der Waals surface area contributed by atoms with Crippen LogP contribution in [0.5, 0.6) is 0 Å². The third-order valence-corrected chi connectivity index (χ3v) is 4.43. The molecule has 1 aliphatic heterocycles. The number of amides is 1. The van der Waals surface area contributed by atoms with Gasteiger partial charge in [0.15, 0.2) is 0 Å². The molecule has 0 bridgehead atoms. The minimum atomic E-state index is -0.167. The largest absolute Gasteiger partial charge is 0.345 e. The lowest BCUT2D eigenvalue weighted by atomic mass is 9.87. The van der Waals surface area contributed by atoms with E-state index in [1.807, 2.05) is 18.0 Å². The number of carbonyl (C=O) groups excluding carboxylic acids is 1. The molecule has 0 spiro atoms. The summed E-state index contributed by atoms with van der Waals surface area (Å²) in [5.74, 6) is 0.0313. The molecule has 0 fully saturated rings. The molecule has 1 heterocycles. The van der Waals surface area contributed by atoms with Crippen molar-refractivity contribution >= 4 is 5.91 Å². The van der Waals surface area contributed by atoms with Crippen LogP contribution in [0.3, 0.4) is 0 Å². The number of aryl methyl sites for hydroxylation is 1. The molecule has 21 heavy (non-hydrogen) atoms. The van der Waals surface area contributed by atoms with Crippen LogP contribution in [0.15, 0.2) is 48.5 Å².